The largest absolute Gasteiger partial charge is 0.462 e. The number of nitrogens with zero attached hydrogens (tertiary/aromatic N) is 1. The fraction of sp³-hybridized carbons (Fsp3) is 0.111. The van der Waals surface area contributed by atoms with Crippen molar-refractivity contribution in [1.82, 2.24) is 4.40 Å². The first-order chi connectivity index (χ1) is 11.2. The zero-order chi connectivity index (χ0) is 16.4. The monoisotopic (exact) mass is 327 g/mol. The van der Waals surface area contributed by atoms with Gasteiger partial charge in [-0.3, -0.25) is 4.79 Å². The molecule has 0 saturated heterocycles. The average Bonchev–Trinajstić information content (AvgIpc) is 2.89. The molecule has 1 aromatic carbocycles. The number of rotatable bonds is 4. The second-order valence-corrected chi connectivity index (χ2v) is 5.32. The number of aldehydes is 1. The lowest BCUT2D eigenvalue weighted by Crippen LogP contribution is -2.06. The number of ether oxygens (including phenoxy) is 1. The Morgan fingerprint density at radius 2 is 1.96 bits per heavy atom. The number of hydrogen-bond acceptors (Lipinski definition) is 3. The Kier molecular flexibility index (Phi) is 4.17. The Balaban J connectivity index is 2.43. The summed E-state index contributed by atoms with van der Waals surface area (Å²) >= 11 is 6.29. The van der Waals surface area contributed by atoms with E-state index in [4.69, 9.17) is 16.3 Å². The highest BCUT2D eigenvalue weighted by Gasteiger charge is 2.26. The van der Waals surface area contributed by atoms with Gasteiger partial charge in [0.2, 0.25) is 0 Å². The summed E-state index contributed by atoms with van der Waals surface area (Å²) in [6.07, 6.45) is 2.47. The van der Waals surface area contributed by atoms with Crippen molar-refractivity contribution in [2.45, 2.75) is 6.92 Å². The Bertz CT molecular complexity index is 898. The zero-order valence-corrected chi connectivity index (χ0v) is 13.2. The molecule has 3 rings (SSSR count). The van der Waals surface area contributed by atoms with Crippen LogP contribution in [0.1, 0.15) is 27.8 Å². The molecule has 2 heterocycles. The van der Waals surface area contributed by atoms with Crippen LogP contribution >= 0.6 is 11.6 Å². The quantitative estimate of drug-likeness (QED) is 0.531. The van der Waals surface area contributed by atoms with E-state index < -0.39 is 5.97 Å². The van der Waals surface area contributed by atoms with Gasteiger partial charge in [-0.15, -0.1) is 0 Å². The fourth-order valence-electron chi connectivity index (χ4n) is 2.70. The summed E-state index contributed by atoms with van der Waals surface area (Å²) in [5.41, 5.74) is 2.46. The number of benzene rings is 1. The molecule has 0 radical (unpaired) electrons. The van der Waals surface area contributed by atoms with Crippen LogP contribution in [-0.4, -0.2) is 23.3 Å². The fourth-order valence-corrected chi connectivity index (χ4v) is 2.93. The molecule has 5 heteroatoms. The number of hydrogen-bond donors (Lipinski definition) is 0. The van der Waals surface area contributed by atoms with Gasteiger partial charge < -0.3 is 9.14 Å². The van der Waals surface area contributed by atoms with Crippen molar-refractivity contribution in [2.75, 3.05) is 6.61 Å². The molecule has 4 nitrogen and oxygen atoms in total. The van der Waals surface area contributed by atoms with Crippen molar-refractivity contribution in [3.05, 3.63) is 64.9 Å². The highest BCUT2D eigenvalue weighted by Crippen LogP contribution is 2.36. The highest BCUT2D eigenvalue weighted by atomic mass is 35.5. The number of halogens is 1. The van der Waals surface area contributed by atoms with E-state index in [1.165, 1.54) is 0 Å². The van der Waals surface area contributed by atoms with Crippen molar-refractivity contribution in [1.29, 1.82) is 0 Å². The van der Waals surface area contributed by atoms with Gasteiger partial charge in [0, 0.05) is 22.3 Å². The molecule has 0 bridgehead atoms. The van der Waals surface area contributed by atoms with E-state index in [1.807, 2.05) is 12.1 Å². The van der Waals surface area contributed by atoms with E-state index in [1.54, 1.807) is 47.9 Å². The van der Waals surface area contributed by atoms with Crippen molar-refractivity contribution in [3.63, 3.8) is 0 Å². The van der Waals surface area contributed by atoms with Gasteiger partial charge in [0.25, 0.3) is 0 Å². The first kappa shape index (κ1) is 15.3. The SMILES string of the molecule is CCOC(=O)c1c(-c2ccccc2Cl)c(C=O)n2ccccc12. The molecule has 0 N–H and O–H groups in total. The lowest BCUT2D eigenvalue weighted by Gasteiger charge is -2.07. The molecule has 0 aliphatic carbocycles. The van der Waals surface area contributed by atoms with Gasteiger partial charge in [0.15, 0.2) is 6.29 Å². The van der Waals surface area contributed by atoms with Crippen LogP contribution in [0.3, 0.4) is 0 Å². The van der Waals surface area contributed by atoms with Gasteiger partial charge in [0.1, 0.15) is 0 Å². The number of esters is 1. The van der Waals surface area contributed by atoms with E-state index in [9.17, 15) is 9.59 Å². The molecular weight excluding hydrogens is 314 g/mol. The Labute approximate surface area is 138 Å². The molecule has 0 fully saturated rings. The summed E-state index contributed by atoms with van der Waals surface area (Å²) in [5, 5.41) is 0.469. The predicted octanol–water partition coefficient (Wildman–Crippen LogP) is 4.25. The first-order valence-electron chi connectivity index (χ1n) is 7.19. The summed E-state index contributed by atoms with van der Waals surface area (Å²) in [5.74, 6) is -0.473. The van der Waals surface area contributed by atoms with Gasteiger partial charge >= 0.3 is 5.97 Å². The van der Waals surface area contributed by atoms with E-state index in [0.29, 0.717) is 32.9 Å². The van der Waals surface area contributed by atoms with Crippen LogP contribution in [0.15, 0.2) is 48.7 Å². The normalized spacial score (nSPS) is 10.7. The third kappa shape index (κ3) is 2.51. The minimum absolute atomic E-state index is 0.251. The van der Waals surface area contributed by atoms with Gasteiger partial charge in [-0.1, -0.05) is 35.9 Å². The molecule has 0 spiro atoms. The van der Waals surface area contributed by atoms with E-state index in [-0.39, 0.29) is 6.61 Å². The molecule has 2 aromatic heterocycles. The molecule has 0 amide bonds. The molecule has 0 unspecified atom stereocenters. The summed E-state index contributed by atoms with van der Waals surface area (Å²) in [7, 11) is 0. The minimum Gasteiger partial charge on any atom is -0.462 e. The van der Waals surface area contributed by atoms with E-state index in [0.717, 1.165) is 6.29 Å². The lowest BCUT2D eigenvalue weighted by molar-refractivity contribution is 0.0529. The number of fused-ring (bicyclic) bond motifs is 1. The Morgan fingerprint density at radius 1 is 1.22 bits per heavy atom. The molecule has 0 atom stereocenters. The number of aromatic nitrogens is 1. The molecular formula is C18H14ClNO3. The van der Waals surface area contributed by atoms with E-state index >= 15 is 0 Å². The third-order valence-corrected chi connectivity index (χ3v) is 3.95. The summed E-state index contributed by atoms with van der Waals surface area (Å²) < 4.78 is 6.86. The Morgan fingerprint density at radius 3 is 2.65 bits per heavy atom. The molecule has 0 saturated carbocycles. The van der Waals surface area contributed by atoms with Crippen molar-refractivity contribution in [2.24, 2.45) is 0 Å². The molecule has 0 aliphatic heterocycles. The van der Waals surface area contributed by atoms with Crippen LogP contribution in [0.4, 0.5) is 0 Å². The second-order valence-electron chi connectivity index (χ2n) is 4.91. The van der Waals surface area contributed by atoms with Crippen LogP contribution in [0, 0.1) is 0 Å². The summed E-state index contributed by atoms with van der Waals surface area (Å²) in [6.45, 7) is 1.99. The number of carbonyl (C=O) groups excluding carboxylic acids is 2. The first-order valence-corrected chi connectivity index (χ1v) is 7.57. The lowest BCUT2D eigenvalue weighted by atomic mass is 10.0. The predicted molar refractivity (Wildman–Crippen MR) is 89.2 cm³/mol. The smallest absolute Gasteiger partial charge is 0.340 e. The Hall–Kier alpha value is -2.59. The maximum atomic E-state index is 12.5. The van der Waals surface area contributed by atoms with Gasteiger partial charge in [-0.05, 0) is 25.1 Å². The highest BCUT2D eigenvalue weighted by molar-refractivity contribution is 6.34. The van der Waals surface area contributed by atoms with Gasteiger partial charge in [-0.25, -0.2) is 4.79 Å². The van der Waals surface area contributed by atoms with Crippen molar-refractivity contribution >= 4 is 29.4 Å². The molecule has 116 valence electrons. The second kappa shape index (κ2) is 6.26. The third-order valence-electron chi connectivity index (χ3n) is 3.62. The van der Waals surface area contributed by atoms with E-state index in [2.05, 4.69) is 0 Å². The molecule has 0 aliphatic rings. The van der Waals surface area contributed by atoms with Crippen LogP contribution in [0.2, 0.25) is 5.02 Å². The number of pyridine rings is 1. The zero-order valence-electron chi connectivity index (χ0n) is 12.5. The van der Waals surface area contributed by atoms with Crippen LogP contribution < -0.4 is 0 Å². The van der Waals surface area contributed by atoms with Gasteiger partial charge in [0.05, 0.1) is 23.4 Å². The van der Waals surface area contributed by atoms with Gasteiger partial charge in [-0.2, -0.15) is 0 Å². The maximum Gasteiger partial charge on any atom is 0.340 e. The van der Waals surface area contributed by atoms with Crippen LogP contribution in [0.5, 0.6) is 0 Å². The van der Waals surface area contributed by atoms with Crippen molar-refractivity contribution in [3.8, 4) is 11.1 Å². The van der Waals surface area contributed by atoms with Crippen LogP contribution in [-0.2, 0) is 4.74 Å². The number of carbonyl (C=O) groups is 2. The van der Waals surface area contributed by atoms with Crippen LogP contribution in [0.25, 0.3) is 16.6 Å². The average molecular weight is 328 g/mol. The maximum absolute atomic E-state index is 12.5. The molecule has 3 aromatic rings. The topological polar surface area (TPSA) is 47.8 Å². The minimum atomic E-state index is -0.473. The van der Waals surface area contributed by atoms with Crippen molar-refractivity contribution < 1.29 is 14.3 Å². The summed E-state index contributed by atoms with van der Waals surface area (Å²) in [6, 6.07) is 12.5. The summed E-state index contributed by atoms with van der Waals surface area (Å²) in [4.78, 5) is 24.2. The molecule has 23 heavy (non-hydrogen) atoms. The standard InChI is InChI=1S/C18H14ClNO3/c1-2-23-18(22)17-14-9-5-6-10-20(14)15(11-21)16(17)12-7-3-4-8-13(12)19/h3-11H,2H2,1H3.